The normalized spacial score (nSPS) is 21.5. The van der Waals surface area contributed by atoms with E-state index >= 15 is 0 Å². The molecule has 0 bridgehead atoms. The number of rotatable bonds is 6. The summed E-state index contributed by atoms with van der Waals surface area (Å²) in [4.78, 5) is 12.5. The van der Waals surface area contributed by atoms with Crippen LogP contribution in [0.5, 0.6) is 5.75 Å². The van der Waals surface area contributed by atoms with Crippen LogP contribution in [0.4, 0.5) is 0 Å². The summed E-state index contributed by atoms with van der Waals surface area (Å²) in [6.45, 7) is 2.15. The van der Waals surface area contributed by atoms with Gasteiger partial charge in [-0.2, -0.15) is 4.31 Å². The van der Waals surface area contributed by atoms with Crippen LogP contribution in [-0.4, -0.2) is 58.1 Å². The molecule has 0 aliphatic carbocycles. The van der Waals surface area contributed by atoms with Gasteiger partial charge in [0, 0.05) is 31.8 Å². The van der Waals surface area contributed by atoms with Crippen LogP contribution in [0, 0.1) is 0 Å². The van der Waals surface area contributed by atoms with E-state index < -0.39 is 10.0 Å². The molecule has 1 amide bonds. The smallest absolute Gasteiger partial charge is 0.251 e. The summed E-state index contributed by atoms with van der Waals surface area (Å²) in [7, 11) is -2.26. The molecule has 2 aliphatic rings. The minimum absolute atomic E-state index is 0.0359. The Morgan fingerprint density at radius 1 is 1.27 bits per heavy atom. The molecule has 2 heterocycles. The molecule has 1 aromatic carbocycles. The molecular formula is C18H26N2O5S. The lowest BCUT2D eigenvalue weighted by atomic mass is 10.2. The zero-order valence-electron chi connectivity index (χ0n) is 15.1. The molecule has 2 saturated heterocycles. The fraction of sp³-hybridized carbons (Fsp3) is 0.611. The van der Waals surface area contributed by atoms with E-state index in [1.165, 1.54) is 23.5 Å². The van der Waals surface area contributed by atoms with Gasteiger partial charge in [0.25, 0.3) is 5.91 Å². The summed E-state index contributed by atoms with van der Waals surface area (Å²) in [5.41, 5.74) is 0.305. The second kappa shape index (κ2) is 8.37. The molecular weight excluding hydrogens is 356 g/mol. The quantitative estimate of drug-likeness (QED) is 0.811. The molecule has 8 heteroatoms. The highest BCUT2D eigenvalue weighted by Crippen LogP contribution is 2.29. The molecule has 0 aromatic heterocycles. The number of ether oxygens (including phenoxy) is 2. The summed E-state index contributed by atoms with van der Waals surface area (Å²) >= 11 is 0. The molecule has 7 nitrogen and oxygen atoms in total. The van der Waals surface area contributed by atoms with E-state index in [4.69, 9.17) is 9.47 Å². The van der Waals surface area contributed by atoms with Crippen LogP contribution in [0.25, 0.3) is 0 Å². The van der Waals surface area contributed by atoms with Gasteiger partial charge in [0.15, 0.2) is 0 Å². The van der Waals surface area contributed by atoms with E-state index in [1.807, 2.05) is 0 Å². The van der Waals surface area contributed by atoms with Crippen molar-refractivity contribution in [3.05, 3.63) is 23.8 Å². The van der Waals surface area contributed by atoms with Gasteiger partial charge in [-0.15, -0.1) is 0 Å². The largest absolute Gasteiger partial charge is 0.495 e. The Morgan fingerprint density at radius 2 is 2.04 bits per heavy atom. The maximum atomic E-state index is 13.0. The van der Waals surface area contributed by atoms with Gasteiger partial charge < -0.3 is 14.8 Å². The first-order valence-electron chi connectivity index (χ1n) is 9.10. The molecule has 0 radical (unpaired) electrons. The number of carbonyl (C=O) groups is 1. The predicted molar refractivity (Wildman–Crippen MR) is 96.9 cm³/mol. The lowest BCUT2D eigenvalue weighted by Crippen LogP contribution is -2.36. The highest BCUT2D eigenvalue weighted by Gasteiger charge is 2.29. The van der Waals surface area contributed by atoms with Gasteiger partial charge in [-0.3, -0.25) is 4.79 Å². The fourth-order valence-corrected chi connectivity index (χ4v) is 5.08. The Bertz CT molecular complexity index is 738. The molecule has 1 atom stereocenters. The third kappa shape index (κ3) is 4.19. The Labute approximate surface area is 154 Å². The van der Waals surface area contributed by atoms with Crippen molar-refractivity contribution >= 4 is 15.9 Å². The Hall–Kier alpha value is -1.64. The number of methoxy groups -OCH3 is 1. The zero-order chi connectivity index (χ0) is 18.6. The van der Waals surface area contributed by atoms with Crippen LogP contribution >= 0.6 is 0 Å². The molecule has 1 unspecified atom stereocenters. The standard InChI is InChI=1S/C18H26N2O5S/c1-24-16-8-7-14(18(21)19-13-15-6-5-11-25-15)12-17(16)26(22,23)20-9-3-2-4-10-20/h7-8,12,15H,2-6,9-11,13H2,1H3,(H,19,21). The van der Waals surface area contributed by atoms with Gasteiger partial charge in [-0.25, -0.2) is 8.42 Å². The Kier molecular flexibility index (Phi) is 6.16. The van der Waals surface area contributed by atoms with Crippen molar-refractivity contribution < 1.29 is 22.7 Å². The predicted octanol–water partition coefficient (Wildman–Crippen LogP) is 1.78. The summed E-state index contributed by atoms with van der Waals surface area (Å²) < 4.78 is 38.2. The first kappa shape index (κ1) is 19.1. The average molecular weight is 382 g/mol. The highest BCUT2D eigenvalue weighted by atomic mass is 32.2. The van der Waals surface area contributed by atoms with Gasteiger partial charge in [0.2, 0.25) is 10.0 Å². The van der Waals surface area contributed by atoms with Crippen molar-refractivity contribution in [1.29, 1.82) is 0 Å². The minimum Gasteiger partial charge on any atom is -0.495 e. The lowest BCUT2D eigenvalue weighted by molar-refractivity contribution is 0.0857. The van der Waals surface area contributed by atoms with Gasteiger partial charge in [0.05, 0.1) is 13.2 Å². The number of sulfonamides is 1. The van der Waals surface area contributed by atoms with Crippen molar-refractivity contribution in [1.82, 2.24) is 9.62 Å². The number of piperidine rings is 1. The minimum atomic E-state index is -3.69. The van der Waals surface area contributed by atoms with Crippen LogP contribution in [-0.2, 0) is 14.8 Å². The zero-order valence-corrected chi connectivity index (χ0v) is 15.9. The van der Waals surface area contributed by atoms with Crippen LogP contribution in [0.1, 0.15) is 42.5 Å². The Balaban J connectivity index is 1.80. The van der Waals surface area contributed by atoms with Crippen molar-refractivity contribution in [2.24, 2.45) is 0 Å². The van der Waals surface area contributed by atoms with E-state index in [0.717, 1.165) is 38.7 Å². The third-order valence-corrected chi connectivity index (χ3v) is 6.79. The number of carbonyl (C=O) groups excluding carboxylic acids is 1. The summed E-state index contributed by atoms with van der Waals surface area (Å²) in [6, 6.07) is 4.53. The molecule has 26 heavy (non-hydrogen) atoms. The SMILES string of the molecule is COc1ccc(C(=O)NCC2CCCO2)cc1S(=O)(=O)N1CCCCC1. The first-order valence-corrected chi connectivity index (χ1v) is 10.5. The number of nitrogens with one attached hydrogen (secondary N) is 1. The number of benzene rings is 1. The number of nitrogens with zero attached hydrogens (tertiary/aromatic N) is 1. The van der Waals surface area contributed by atoms with E-state index in [-0.39, 0.29) is 22.7 Å². The first-order chi connectivity index (χ1) is 12.5. The van der Waals surface area contributed by atoms with Crippen LogP contribution < -0.4 is 10.1 Å². The topological polar surface area (TPSA) is 84.9 Å². The molecule has 144 valence electrons. The highest BCUT2D eigenvalue weighted by molar-refractivity contribution is 7.89. The second-order valence-electron chi connectivity index (χ2n) is 6.68. The Morgan fingerprint density at radius 3 is 2.69 bits per heavy atom. The summed E-state index contributed by atoms with van der Waals surface area (Å²) in [6.07, 6.45) is 4.70. The molecule has 0 spiro atoms. The second-order valence-corrected chi connectivity index (χ2v) is 8.58. The maximum Gasteiger partial charge on any atom is 0.251 e. The van der Waals surface area contributed by atoms with Gasteiger partial charge >= 0.3 is 0 Å². The fourth-order valence-electron chi connectivity index (χ4n) is 3.38. The molecule has 3 rings (SSSR count). The number of hydrogen-bond donors (Lipinski definition) is 1. The van der Waals surface area contributed by atoms with Crippen LogP contribution in [0.15, 0.2) is 23.1 Å². The van der Waals surface area contributed by atoms with Crippen molar-refractivity contribution in [2.45, 2.75) is 43.1 Å². The van der Waals surface area contributed by atoms with Gasteiger partial charge in [0.1, 0.15) is 10.6 Å². The number of amides is 1. The van der Waals surface area contributed by atoms with E-state index in [1.54, 1.807) is 6.07 Å². The number of hydrogen-bond acceptors (Lipinski definition) is 5. The molecule has 2 aliphatic heterocycles. The van der Waals surface area contributed by atoms with Gasteiger partial charge in [-0.1, -0.05) is 6.42 Å². The summed E-state index contributed by atoms with van der Waals surface area (Å²) in [5, 5.41) is 2.82. The lowest BCUT2D eigenvalue weighted by Gasteiger charge is -2.26. The van der Waals surface area contributed by atoms with Crippen molar-refractivity contribution in [2.75, 3.05) is 33.4 Å². The third-order valence-electron chi connectivity index (χ3n) is 4.87. The van der Waals surface area contributed by atoms with Crippen molar-refractivity contribution in [3.63, 3.8) is 0 Å². The van der Waals surface area contributed by atoms with Crippen molar-refractivity contribution in [3.8, 4) is 5.75 Å². The van der Waals surface area contributed by atoms with Gasteiger partial charge in [-0.05, 0) is 43.9 Å². The van der Waals surface area contributed by atoms with Crippen LogP contribution in [0.3, 0.4) is 0 Å². The monoisotopic (exact) mass is 382 g/mol. The van der Waals surface area contributed by atoms with E-state index in [9.17, 15) is 13.2 Å². The average Bonchev–Trinajstić information content (AvgIpc) is 3.20. The van der Waals surface area contributed by atoms with E-state index in [0.29, 0.717) is 25.2 Å². The van der Waals surface area contributed by atoms with E-state index in [2.05, 4.69) is 5.32 Å². The van der Waals surface area contributed by atoms with Crippen LogP contribution in [0.2, 0.25) is 0 Å². The maximum absolute atomic E-state index is 13.0. The molecule has 0 saturated carbocycles. The molecule has 1 N–H and O–H groups in total. The summed E-state index contributed by atoms with van der Waals surface area (Å²) in [5.74, 6) is -0.0514. The molecule has 2 fully saturated rings. The molecule has 1 aromatic rings.